The van der Waals surface area contributed by atoms with Crippen LogP contribution in [-0.2, 0) is 0 Å². The molecule has 0 aromatic heterocycles. The summed E-state index contributed by atoms with van der Waals surface area (Å²) in [6.45, 7) is 0. The van der Waals surface area contributed by atoms with E-state index in [-0.39, 0.29) is 5.56 Å². The van der Waals surface area contributed by atoms with Gasteiger partial charge in [0.15, 0.2) is 5.75 Å². The molecule has 14 heavy (non-hydrogen) atoms. The van der Waals surface area contributed by atoms with Crippen LogP contribution in [-0.4, -0.2) is 22.2 Å². The van der Waals surface area contributed by atoms with Crippen LogP contribution in [0.15, 0.2) is 18.2 Å². The van der Waals surface area contributed by atoms with E-state index in [1.165, 1.54) is 0 Å². The van der Waals surface area contributed by atoms with E-state index in [0.717, 1.165) is 18.2 Å². The van der Waals surface area contributed by atoms with Gasteiger partial charge >= 0.3 is 11.9 Å². The summed E-state index contributed by atoms with van der Waals surface area (Å²) in [5.74, 6) is -3.28. The number of carbonyl (C=O) groups is 2. The van der Waals surface area contributed by atoms with Crippen molar-refractivity contribution in [3.05, 3.63) is 29.3 Å². The summed E-state index contributed by atoms with van der Waals surface area (Å²) in [6.07, 6.45) is 0. The molecule has 0 saturated carbocycles. The number of carboxylic acids is 2. The molecule has 0 spiro atoms. The smallest absolute Gasteiger partial charge is 0.339 e. The topological polar surface area (TPSA) is 83.8 Å². The van der Waals surface area contributed by atoms with Crippen molar-refractivity contribution in [3.63, 3.8) is 0 Å². The lowest BCUT2D eigenvalue weighted by Crippen LogP contribution is -2.03. The second kappa shape index (κ2) is 3.73. The van der Waals surface area contributed by atoms with Crippen molar-refractivity contribution < 1.29 is 29.3 Å². The fourth-order valence-corrected chi connectivity index (χ4v) is 0.897. The Morgan fingerprint density at radius 3 is 2.29 bits per heavy atom. The Morgan fingerprint density at radius 1 is 1.21 bits per heavy atom. The van der Waals surface area contributed by atoms with Crippen molar-refractivity contribution in [1.29, 1.82) is 0 Å². The van der Waals surface area contributed by atoms with E-state index in [0.29, 0.717) is 0 Å². The molecule has 0 heterocycles. The molecule has 0 bridgehead atoms. The third kappa shape index (κ3) is 1.79. The van der Waals surface area contributed by atoms with Gasteiger partial charge < -0.3 is 10.2 Å². The molecule has 0 aliphatic heterocycles. The Balaban J connectivity index is 3.27. The predicted octanol–water partition coefficient (Wildman–Crippen LogP) is 1.35. The van der Waals surface area contributed by atoms with Crippen molar-refractivity contribution in [3.8, 4) is 5.75 Å². The second-order valence-corrected chi connectivity index (χ2v) is 2.40. The summed E-state index contributed by atoms with van der Waals surface area (Å²) in [5, 5.41) is 17.1. The highest BCUT2D eigenvalue weighted by atomic mass is 19.3. The number of aromatic carboxylic acids is 2. The maximum absolute atomic E-state index is 11.8. The van der Waals surface area contributed by atoms with Gasteiger partial charge in [-0.15, -0.1) is 0 Å². The van der Waals surface area contributed by atoms with Gasteiger partial charge in [-0.2, -0.15) is 0 Å². The first-order valence-corrected chi connectivity index (χ1v) is 3.45. The minimum absolute atomic E-state index is 0.247. The number of benzene rings is 1. The molecule has 0 unspecified atom stereocenters. The molecule has 0 atom stereocenters. The first-order valence-electron chi connectivity index (χ1n) is 3.45. The molecule has 2 N–H and O–H groups in total. The van der Waals surface area contributed by atoms with Crippen LogP contribution in [0.5, 0.6) is 5.75 Å². The van der Waals surface area contributed by atoms with Crippen LogP contribution in [0.2, 0.25) is 0 Å². The fraction of sp³-hybridized carbons (Fsp3) is 0. The quantitative estimate of drug-likeness (QED) is 0.769. The maximum Gasteiger partial charge on any atom is 0.339 e. The zero-order valence-corrected chi connectivity index (χ0v) is 6.73. The normalized spacial score (nSPS) is 9.50. The van der Waals surface area contributed by atoms with Crippen LogP contribution >= 0.6 is 0 Å². The molecule has 0 amide bonds. The van der Waals surface area contributed by atoms with Crippen LogP contribution in [0.25, 0.3) is 0 Å². The van der Waals surface area contributed by atoms with Crippen molar-refractivity contribution in [2.24, 2.45) is 0 Å². The summed E-state index contributed by atoms with van der Waals surface area (Å²) in [7, 11) is 0. The van der Waals surface area contributed by atoms with E-state index in [4.69, 9.17) is 10.2 Å². The van der Waals surface area contributed by atoms with E-state index < -0.39 is 23.3 Å². The largest absolute Gasteiger partial charge is 0.478 e. The molecule has 0 aliphatic rings. The third-order valence-corrected chi connectivity index (χ3v) is 1.54. The number of halogens is 1. The van der Waals surface area contributed by atoms with E-state index in [1.54, 1.807) is 0 Å². The third-order valence-electron chi connectivity index (χ3n) is 1.54. The lowest BCUT2D eigenvalue weighted by atomic mass is 10.1. The molecule has 1 aromatic rings. The monoisotopic (exact) mass is 200 g/mol. The second-order valence-electron chi connectivity index (χ2n) is 2.40. The van der Waals surface area contributed by atoms with Crippen LogP contribution < -0.4 is 4.94 Å². The van der Waals surface area contributed by atoms with Gasteiger partial charge in [0.05, 0.1) is 5.56 Å². The first-order chi connectivity index (χ1) is 6.56. The molecule has 0 radical (unpaired) electrons. The molecule has 5 nitrogen and oxygen atoms in total. The van der Waals surface area contributed by atoms with Gasteiger partial charge in [-0.1, -0.05) is 0 Å². The Bertz CT molecular complexity index is 387. The summed E-state index contributed by atoms with van der Waals surface area (Å²) in [4.78, 5) is 24.2. The van der Waals surface area contributed by atoms with Crippen molar-refractivity contribution in [2.75, 3.05) is 0 Å². The molecule has 1 rings (SSSR count). The highest BCUT2D eigenvalue weighted by Crippen LogP contribution is 2.20. The van der Waals surface area contributed by atoms with Crippen molar-refractivity contribution in [2.45, 2.75) is 0 Å². The summed E-state index contributed by atoms with van der Waals surface area (Å²) < 4.78 is 11.8. The number of carboxylic acid groups (broad SMARTS) is 2. The lowest BCUT2D eigenvalue weighted by molar-refractivity contribution is -0.00784. The lowest BCUT2D eigenvalue weighted by Gasteiger charge is -2.01. The molecule has 6 heteroatoms. The summed E-state index contributed by atoms with van der Waals surface area (Å²) >= 11 is 0. The highest BCUT2D eigenvalue weighted by Gasteiger charge is 2.15. The number of hydrogen-bond donors (Lipinski definition) is 2. The van der Waals surface area contributed by atoms with Gasteiger partial charge in [-0.3, -0.25) is 4.94 Å². The van der Waals surface area contributed by atoms with Gasteiger partial charge in [0.2, 0.25) is 0 Å². The molecular formula is C8H5FO5. The van der Waals surface area contributed by atoms with Gasteiger partial charge in [0.25, 0.3) is 0 Å². The molecule has 74 valence electrons. The van der Waals surface area contributed by atoms with Gasteiger partial charge in [0.1, 0.15) is 5.56 Å². The highest BCUT2D eigenvalue weighted by molar-refractivity contribution is 5.95. The summed E-state index contributed by atoms with van der Waals surface area (Å²) in [6, 6.07) is 2.80. The SMILES string of the molecule is O=C(O)c1ccc(OF)c(C(=O)O)c1. The fourth-order valence-electron chi connectivity index (χ4n) is 0.897. The Labute approximate surface area is 77.3 Å². The zero-order chi connectivity index (χ0) is 10.7. The molecule has 0 saturated heterocycles. The Morgan fingerprint density at radius 2 is 1.86 bits per heavy atom. The molecule has 1 aromatic carbocycles. The summed E-state index contributed by atoms with van der Waals surface area (Å²) in [5.41, 5.74) is -0.782. The van der Waals surface area contributed by atoms with Crippen LogP contribution in [0, 0.1) is 0 Å². The van der Waals surface area contributed by atoms with E-state index in [2.05, 4.69) is 4.94 Å². The van der Waals surface area contributed by atoms with Crippen molar-refractivity contribution >= 4 is 11.9 Å². The van der Waals surface area contributed by atoms with Gasteiger partial charge in [-0.05, 0) is 18.2 Å². The van der Waals surface area contributed by atoms with Crippen LogP contribution in [0.4, 0.5) is 4.53 Å². The number of hydrogen-bond acceptors (Lipinski definition) is 3. The van der Waals surface area contributed by atoms with Crippen molar-refractivity contribution in [1.82, 2.24) is 0 Å². The van der Waals surface area contributed by atoms with E-state index >= 15 is 0 Å². The van der Waals surface area contributed by atoms with Crippen LogP contribution in [0.1, 0.15) is 20.7 Å². The standard InChI is InChI=1S/C8H5FO5/c9-14-6-2-1-4(7(10)11)3-5(6)8(12)13/h1-3H,(H,10,11)(H,12,13). The first kappa shape index (κ1) is 9.97. The van der Waals surface area contributed by atoms with Crippen LogP contribution in [0.3, 0.4) is 0 Å². The van der Waals surface area contributed by atoms with E-state index in [9.17, 15) is 14.1 Å². The van der Waals surface area contributed by atoms with E-state index in [1.807, 2.05) is 0 Å². The Kier molecular flexibility index (Phi) is 2.66. The minimum Gasteiger partial charge on any atom is -0.478 e. The average molecular weight is 200 g/mol. The number of rotatable bonds is 3. The molecular weight excluding hydrogens is 195 g/mol. The predicted molar refractivity (Wildman–Crippen MR) is 42.1 cm³/mol. The molecule has 0 fully saturated rings. The Hall–Kier alpha value is -2.11. The molecule has 0 aliphatic carbocycles. The average Bonchev–Trinajstić information content (AvgIpc) is 2.16. The maximum atomic E-state index is 11.8. The zero-order valence-electron chi connectivity index (χ0n) is 6.73. The van der Waals surface area contributed by atoms with Gasteiger partial charge in [0, 0.05) is 4.53 Å². The van der Waals surface area contributed by atoms with Gasteiger partial charge in [-0.25, -0.2) is 9.59 Å². The minimum atomic E-state index is -1.46.